The average molecular weight is 382 g/mol. The molecule has 0 radical (unpaired) electrons. The van der Waals surface area contributed by atoms with Gasteiger partial charge in [0.1, 0.15) is 0 Å². The molecule has 0 aromatic heterocycles. The molecule has 0 bridgehead atoms. The van der Waals surface area contributed by atoms with E-state index in [2.05, 4.69) is 43.8 Å². The summed E-state index contributed by atoms with van der Waals surface area (Å²) < 4.78 is 1.87. The lowest BCUT2D eigenvalue weighted by Gasteiger charge is -2.21. The molecule has 1 aromatic carbocycles. The lowest BCUT2D eigenvalue weighted by molar-refractivity contribution is 0.0918. The van der Waals surface area contributed by atoms with E-state index in [1.807, 2.05) is 39.0 Å². The van der Waals surface area contributed by atoms with Gasteiger partial charge in [0.15, 0.2) is 0 Å². The highest BCUT2D eigenvalue weighted by molar-refractivity contribution is 14.1. The summed E-state index contributed by atoms with van der Waals surface area (Å²) in [6.45, 7) is 5.90. The largest absolute Gasteiger partial charge is 0.347 e. The van der Waals surface area contributed by atoms with E-state index in [1.165, 1.54) is 0 Å². The Morgan fingerprint density at radius 3 is 2.53 bits per heavy atom. The Balaban J connectivity index is 2.96. The Hall–Kier alpha value is -0.100. The van der Waals surface area contributed by atoms with Crippen LogP contribution in [-0.4, -0.2) is 11.4 Å². The molecule has 0 fully saturated rings. The summed E-state index contributed by atoms with van der Waals surface area (Å²) in [5, 5.41) is 2.94. The van der Waals surface area contributed by atoms with Gasteiger partial charge in [-0.05, 0) is 61.6 Å². The van der Waals surface area contributed by atoms with Gasteiger partial charge in [-0.2, -0.15) is 0 Å². The second kappa shape index (κ2) is 4.82. The molecule has 1 amide bonds. The second-order valence-electron chi connectivity index (χ2n) is 4.33. The van der Waals surface area contributed by atoms with E-state index in [-0.39, 0.29) is 11.4 Å². The summed E-state index contributed by atoms with van der Waals surface area (Å²) in [6.07, 6.45) is 0. The van der Waals surface area contributed by atoms with Crippen molar-refractivity contribution in [2.75, 3.05) is 0 Å². The number of benzene rings is 1. The number of hydrogen-bond donors (Lipinski definition) is 1. The van der Waals surface area contributed by atoms with Crippen LogP contribution in [0.1, 0.15) is 31.1 Å². The van der Waals surface area contributed by atoms with E-state index >= 15 is 0 Å². The Morgan fingerprint density at radius 1 is 1.40 bits per heavy atom. The van der Waals surface area contributed by atoms with Crippen molar-refractivity contribution < 1.29 is 4.79 Å². The predicted octanol–water partition coefficient (Wildman–Crippen LogP) is 3.58. The van der Waals surface area contributed by atoms with Gasteiger partial charge < -0.3 is 5.32 Å². The van der Waals surface area contributed by atoms with E-state index in [9.17, 15) is 4.79 Å². The van der Waals surface area contributed by atoms with Crippen molar-refractivity contribution >= 4 is 44.4 Å². The molecule has 0 atom stereocenters. The van der Waals surface area contributed by atoms with Crippen LogP contribution in [0.5, 0.6) is 0 Å². The number of halogens is 2. The number of rotatable bonds is 1. The maximum atomic E-state index is 11.9. The number of carbonyl (C=O) groups excluding carboxylic acids is 1. The highest BCUT2D eigenvalue weighted by Crippen LogP contribution is 2.19. The van der Waals surface area contributed by atoms with Crippen molar-refractivity contribution in [3.63, 3.8) is 0 Å². The number of carbonyl (C=O) groups is 1. The van der Waals surface area contributed by atoms with Crippen molar-refractivity contribution in [3.05, 3.63) is 31.8 Å². The van der Waals surface area contributed by atoms with E-state index < -0.39 is 0 Å². The molecular formula is C11H13BrINO. The maximum absolute atomic E-state index is 11.9. The van der Waals surface area contributed by atoms with E-state index in [0.29, 0.717) is 5.56 Å². The third-order valence-electron chi connectivity index (χ3n) is 1.66. The standard InChI is InChI=1S/C11H13BrINO/c1-11(2,3)14-10(15)8-6-7(12)4-5-9(8)13/h4-6H,1-3H3,(H,14,15). The van der Waals surface area contributed by atoms with Gasteiger partial charge in [-0.25, -0.2) is 0 Å². The molecule has 0 spiro atoms. The molecule has 0 aliphatic rings. The van der Waals surface area contributed by atoms with Gasteiger partial charge in [0.05, 0.1) is 5.56 Å². The van der Waals surface area contributed by atoms with Crippen LogP contribution in [0.4, 0.5) is 0 Å². The Kier molecular flexibility index (Phi) is 4.17. The average Bonchev–Trinajstić information content (AvgIpc) is 2.06. The summed E-state index contributed by atoms with van der Waals surface area (Å²) in [6, 6.07) is 5.68. The molecule has 15 heavy (non-hydrogen) atoms. The van der Waals surface area contributed by atoms with Gasteiger partial charge in [-0.15, -0.1) is 0 Å². The van der Waals surface area contributed by atoms with Gasteiger partial charge in [-0.3, -0.25) is 4.79 Å². The molecule has 4 heteroatoms. The van der Waals surface area contributed by atoms with E-state index in [4.69, 9.17) is 0 Å². The Morgan fingerprint density at radius 2 is 2.00 bits per heavy atom. The minimum absolute atomic E-state index is 0.0341. The minimum Gasteiger partial charge on any atom is -0.347 e. The van der Waals surface area contributed by atoms with Crippen LogP contribution >= 0.6 is 38.5 Å². The lowest BCUT2D eigenvalue weighted by Crippen LogP contribution is -2.40. The molecule has 2 nitrogen and oxygen atoms in total. The number of nitrogens with one attached hydrogen (secondary N) is 1. The lowest BCUT2D eigenvalue weighted by atomic mass is 10.1. The van der Waals surface area contributed by atoms with E-state index in [1.54, 1.807) is 0 Å². The van der Waals surface area contributed by atoms with Crippen LogP contribution in [0.15, 0.2) is 22.7 Å². The molecule has 1 aromatic rings. The summed E-state index contributed by atoms with van der Waals surface area (Å²) in [5.74, 6) is -0.0341. The second-order valence-corrected chi connectivity index (χ2v) is 6.41. The first-order valence-electron chi connectivity index (χ1n) is 4.57. The van der Waals surface area contributed by atoms with Gasteiger partial charge >= 0.3 is 0 Å². The smallest absolute Gasteiger partial charge is 0.252 e. The predicted molar refractivity (Wildman–Crippen MR) is 74.1 cm³/mol. The monoisotopic (exact) mass is 381 g/mol. The summed E-state index contributed by atoms with van der Waals surface area (Å²) in [4.78, 5) is 11.9. The van der Waals surface area contributed by atoms with Crippen LogP contribution in [0.25, 0.3) is 0 Å². The first-order valence-corrected chi connectivity index (χ1v) is 6.44. The molecule has 0 saturated carbocycles. The zero-order chi connectivity index (χ0) is 11.6. The van der Waals surface area contributed by atoms with Crippen LogP contribution in [0, 0.1) is 3.57 Å². The van der Waals surface area contributed by atoms with E-state index in [0.717, 1.165) is 8.04 Å². The van der Waals surface area contributed by atoms with Gasteiger partial charge in [0.25, 0.3) is 5.91 Å². The summed E-state index contributed by atoms with van der Waals surface area (Å²) >= 11 is 5.52. The zero-order valence-electron chi connectivity index (χ0n) is 8.90. The van der Waals surface area contributed by atoms with Gasteiger partial charge in [0, 0.05) is 13.6 Å². The van der Waals surface area contributed by atoms with Crippen LogP contribution in [0.2, 0.25) is 0 Å². The fourth-order valence-electron chi connectivity index (χ4n) is 1.08. The highest BCUT2D eigenvalue weighted by Gasteiger charge is 2.17. The molecule has 0 saturated heterocycles. The topological polar surface area (TPSA) is 29.1 Å². The molecule has 0 heterocycles. The maximum Gasteiger partial charge on any atom is 0.252 e. The number of hydrogen-bond acceptors (Lipinski definition) is 1. The van der Waals surface area contributed by atoms with Crippen LogP contribution in [0.3, 0.4) is 0 Å². The normalized spacial score (nSPS) is 11.3. The molecule has 0 aliphatic carbocycles. The summed E-state index contributed by atoms with van der Waals surface area (Å²) in [7, 11) is 0. The molecule has 0 unspecified atom stereocenters. The van der Waals surface area contributed by atoms with Crippen molar-refractivity contribution in [2.24, 2.45) is 0 Å². The van der Waals surface area contributed by atoms with Gasteiger partial charge in [0.2, 0.25) is 0 Å². The first-order chi connectivity index (χ1) is 6.79. The fourth-order valence-corrected chi connectivity index (χ4v) is 2.02. The van der Waals surface area contributed by atoms with Crippen molar-refractivity contribution in [2.45, 2.75) is 26.3 Å². The summed E-state index contributed by atoms with van der Waals surface area (Å²) in [5.41, 5.74) is 0.502. The highest BCUT2D eigenvalue weighted by atomic mass is 127. The Labute approximate surface area is 112 Å². The fraction of sp³-hybridized carbons (Fsp3) is 0.364. The Bertz CT molecular complexity index is 385. The number of amides is 1. The zero-order valence-corrected chi connectivity index (χ0v) is 12.6. The first kappa shape index (κ1) is 13.0. The van der Waals surface area contributed by atoms with Crippen LogP contribution < -0.4 is 5.32 Å². The van der Waals surface area contributed by atoms with Crippen molar-refractivity contribution in [1.29, 1.82) is 0 Å². The molecular weight excluding hydrogens is 369 g/mol. The van der Waals surface area contributed by atoms with Crippen LogP contribution in [-0.2, 0) is 0 Å². The molecule has 0 aliphatic heterocycles. The minimum atomic E-state index is -0.206. The van der Waals surface area contributed by atoms with Gasteiger partial charge in [-0.1, -0.05) is 15.9 Å². The quantitative estimate of drug-likeness (QED) is 0.740. The van der Waals surface area contributed by atoms with Crippen molar-refractivity contribution in [1.82, 2.24) is 5.32 Å². The third-order valence-corrected chi connectivity index (χ3v) is 3.10. The molecule has 1 N–H and O–H groups in total. The SMILES string of the molecule is CC(C)(C)NC(=O)c1cc(Br)ccc1I. The molecule has 82 valence electrons. The van der Waals surface area contributed by atoms with Crippen molar-refractivity contribution in [3.8, 4) is 0 Å². The third kappa shape index (κ3) is 4.10. The molecule has 1 rings (SSSR count).